The van der Waals surface area contributed by atoms with Crippen molar-refractivity contribution in [3.63, 3.8) is 0 Å². The molecule has 2 rings (SSSR count). The van der Waals surface area contributed by atoms with Gasteiger partial charge in [0.2, 0.25) is 0 Å². The fourth-order valence-electron chi connectivity index (χ4n) is 2.47. The number of likely N-dealkylation sites (tertiary alicyclic amines) is 1. The van der Waals surface area contributed by atoms with Gasteiger partial charge in [-0.25, -0.2) is 4.98 Å². The van der Waals surface area contributed by atoms with Gasteiger partial charge in [0.15, 0.2) is 0 Å². The van der Waals surface area contributed by atoms with Crippen molar-refractivity contribution in [1.82, 2.24) is 14.8 Å². The first-order valence-electron chi connectivity index (χ1n) is 6.83. The average molecular weight is 297 g/mol. The maximum atomic E-state index is 12.5. The second-order valence-corrected chi connectivity index (χ2v) is 5.67. The molecule has 6 heteroatoms. The number of rotatable bonds is 3. The zero-order valence-electron chi connectivity index (χ0n) is 12.2. The van der Waals surface area contributed by atoms with Gasteiger partial charge in [-0.3, -0.25) is 4.79 Å². The number of nitrogens with zero attached hydrogens (tertiary/aromatic N) is 3. The quantitative estimate of drug-likeness (QED) is 0.926. The predicted octanol–water partition coefficient (Wildman–Crippen LogP) is 1.94. The molecule has 1 aliphatic heterocycles. The lowest BCUT2D eigenvalue weighted by atomic mass is 10.0. The summed E-state index contributed by atoms with van der Waals surface area (Å²) in [5.74, 6) is 0.574. The number of pyridine rings is 1. The van der Waals surface area contributed by atoms with E-state index in [2.05, 4.69) is 29.3 Å². The van der Waals surface area contributed by atoms with Gasteiger partial charge in [0.1, 0.15) is 11.5 Å². The molecule has 1 aromatic heterocycles. The van der Waals surface area contributed by atoms with E-state index in [4.69, 9.17) is 11.6 Å². The van der Waals surface area contributed by atoms with E-state index < -0.39 is 0 Å². The summed E-state index contributed by atoms with van der Waals surface area (Å²) in [5.41, 5.74) is 0.335. The summed E-state index contributed by atoms with van der Waals surface area (Å²) in [6.45, 7) is 1.51. The third-order valence-corrected chi connectivity index (χ3v) is 4.09. The number of aromatic nitrogens is 1. The van der Waals surface area contributed by atoms with Crippen LogP contribution in [0.25, 0.3) is 0 Å². The normalized spacial score (nSPS) is 16.6. The molecule has 0 atom stereocenters. The molecule has 1 saturated heterocycles. The van der Waals surface area contributed by atoms with Gasteiger partial charge in [-0.15, -0.1) is 0 Å². The molecule has 0 spiro atoms. The van der Waals surface area contributed by atoms with Crippen LogP contribution in [0, 0.1) is 0 Å². The fraction of sp³-hybridized carbons (Fsp3) is 0.571. The van der Waals surface area contributed by atoms with Crippen LogP contribution >= 0.6 is 11.6 Å². The Kier molecular flexibility index (Phi) is 4.83. The van der Waals surface area contributed by atoms with Crippen LogP contribution in [0.15, 0.2) is 12.1 Å². The molecule has 0 radical (unpaired) electrons. The average Bonchev–Trinajstić information content (AvgIpc) is 2.47. The smallest absolute Gasteiger partial charge is 0.274 e. The highest BCUT2D eigenvalue weighted by molar-refractivity contribution is 6.33. The summed E-state index contributed by atoms with van der Waals surface area (Å²) >= 11 is 6.10. The molecule has 2 heterocycles. The van der Waals surface area contributed by atoms with E-state index in [1.54, 1.807) is 19.2 Å². The second kappa shape index (κ2) is 6.41. The first-order valence-corrected chi connectivity index (χ1v) is 7.20. The molecule has 110 valence electrons. The van der Waals surface area contributed by atoms with Gasteiger partial charge in [-0.2, -0.15) is 0 Å². The van der Waals surface area contributed by atoms with Crippen LogP contribution in [0.4, 0.5) is 5.82 Å². The van der Waals surface area contributed by atoms with E-state index in [1.807, 2.05) is 4.90 Å². The number of hydrogen-bond donors (Lipinski definition) is 1. The van der Waals surface area contributed by atoms with Gasteiger partial charge in [-0.05, 0) is 39.1 Å². The molecular formula is C14H21ClN4O. The molecule has 0 aliphatic carbocycles. The van der Waals surface area contributed by atoms with Crippen LogP contribution in [0.1, 0.15) is 23.3 Å². The molecule has 1 N–H and O–H groups in total. The number of halogens is 1. The van der Waals surface area contributed by atoms with Crippen LogP contribution in [0.5, 0.6) is 0 Å². The Hall–Kier alpha value is -1.33. The second-order valence-electron chi connectivity index (χ2n) is 5.26. The number of piperidine rings is 1. The minimum atomic E-state index is -0.0793. The summed E-state index contributed by atoms with van der Waals surface area (Å²) in [4.78, 5) is 20.8. The van der Waals surface area contributed by atoms with Crippen molar-refractivity contribution in [3.05, 3.63) is 22.8 Å². The molecule has 1 aliphatic rings. The highest BCUT2D eigenvalue weighted by atomic mass is 35.5. The Morgan fingerprint density at radius 2 is 2.05 bits per heavy atom. The molecule has 0 unspecified atom stereocenters. The Labute approximate surface area is 124 Å². The maximum Gasteiger partial charge on any atom is 0.274 e. The number of anilines is 1. The highest BCUT2D eigenvalue weighted by Crippen LogP contribution is 2.21. The van der Waals surface area contributed by atoms with Crippen molar-refractivity contribution in [2.24, 2.45) is 0 Å². The molecule has 5 nitrogen and oxygen atoms in total. The number of carbonyl (C=O) groups is 1. The standard InChI is InChI=1S/C14H21ClN4O/c1-16-12-5-4-11(15)13(17-12)14(20)19-8-6-10(7-9-19)18(2)3/h4-5,10H,6-9H2,1-3H3,(H,16,17). The van der Waals surface area contributed by atoms with Crippen molar-refractivity contribution in [3.8, 4) is 0 Å². The number of amides is 1. The zero-order chi connectivity index (χ0) is 14.7. The van der Waals surface area contributed by atoms with Gasteiger partial charge >= 0.3 is 0 Å². The van der Waals surface area contributed by atoms with Crippen molar-refractivity contribution < 1.29 is 4.79 Å². The topological polar surface area (TPSA) is 48.5 Å². The van der Waals surface area contributed by atoms with E-state index in [0.717, 1.165) is 25.9 Å². The van der Waals surface area contributed by atoms with Crippen molar-refractivity contribution in [2.75, 3.05) is 39.5 Å². The summed E-state index contributed by atoms with van der Waals surface area (Å²) < 4.78 is 0. The van der Waals surface area contributed by atoms with Crippen molar-refractivity contribution >= 4 is 23.3 Å². The maximum absolute atomic E-state index is 12.5. The number of nitrogens with one attached hydrogen (secondary N) is 1. The van der Waals surface area contributed by atoms with Crippen LogP contribution in [0.3, 0.4) is 0 Å². The van der Waals surface area contributed by atoms with Crippen LogP contribution in [-0.2, 0) is 0 Å². The molecule has 0 bridgehead atoms. The van der Waals surface area contributed by atoms with E-state index in [-0.39, 0.29) is 5.91 Å². The summed E-state index contributed by atoms with van der Waals surface area (Å²) in [5, 5.41) is 3.33. The molecular weight excluding hydrogens is 276 g/mol. The number of hydrogen-bond acceptors (Lipinski definition) is 4. The fourth-order valence-corrected chi connectivity index (χ4v) is 2.65. The first kappa shape index (κ1) is 15.1. The molecule has 20 heavy (non-hydrogen) atoms. The third-order valence-electron chi connectivity index (χ3n) is 3.79. The zero-order valence-corrected chi connectivity index (χ0v) is 12.9. The van der Waals surface area contributed by atoms with Crippen LogP contribution in [0.2, 0.25) is 5.02 Å². The first-order chi connectivity index (χ1) is 9.52. The van der Waals surface area contributed by atoms with Crippen LogP contribution in [-0.4, -0.2) is 61.0 Å². The molecule has 1 fully saturated rings. The van der Waals surface area contributed by atoms with Crippen LogP contribution < -0.4 is 5.32 Å². The molecule has 0 saturated carbocycles. The Morgan fingerprint density at radius 1 is 1.40 bits per heavy atom. The summed E-state index contributed by atoms with van der Waals surface area (Å²) in [7, 11) is 5.93. The van der Waals surface area contributed by atoms with Gasteiger partial charge in [0, 0.05) is 26.2 Å². The molecule has 1 aromatic rings. The SMILES string of the molecule is CNc1ccc(Cl)c(C(=O)N2CCC(N(C)C)CC2)n1. The number of carbonyl (C=O) groups excluding carboxylic acids is 1. The van der Waals surface area contributed by atoms with Crippen molar-refractivity contribution in [1.29, 1.82) is 0 Å². The Bertz CT molecular complexity index is 484. The lowest BCUT2D eigenvalue weighted by Gasteiger charge is -2.35. The lowest BCUT2D eigenvalue weighted by molar-refractivity contribution is 0.0658. The van der Waals surface area contributed by atoms with Gasteiger partial charge in [0.25, 0.3) is 5.91 Å². The minimum Gasteiger partial charge on any atom is -0.373 e. The van der Waals surface area contributed by atoms with Crippen molar-refractivity contribution in [2.45, 2.75) is 18.9 Å². The molecule has 1 amide bonds. The monoisotopic (exact) mass is 296 g/mol. The lowest BCUT2D eigenvalue weighted by Crippen LogP contribution is -2.44. The van der Waals surface area contributed by atoms with E-state index >= 15 is 0 Å². The minimum absolute atomic E-state index is 0.0793. The van der Waals surface area contributed by atoms with E-state index in [0.29, 0.717) is 22.6 Å². The highest BCUT2D eigenvalue weighted by Gasteiger charge is 2.26. The largest absolute Gasteiger partial charge is 0.373 e. The third kappa shape index (κ3) is 3.22. The van der Waals surface area contributed by atoms with E-state index in [9.17, 15) is 4.79 Å². The molecule has 0 aromatic carbocycles. The Balaban J connectivity index is 2.09. The Morgan fingerprint density at radius 3 is 2.60 bits per heavy atom. The van der Waals surface area contributed by atoms with Gasteiger partial charge in [-0.1, -0.05) is 11.6 Å². The summed E-state index contributed by atoms with van der Waals surface area (Å²) in [6.07, 6.45) is 1.98. The predicted molar refractivity (Wildman–Crippen MR) is 81.4 cm³/mol. The van der Waals surface area contributed by atoms with Gasteiger partial charge in [0.05, 0.1) is 5.02 Å². The van der Waals surface area contributed by atoms with Gasteiger partial charge < -0.3 is 15.1 Å². The summed E-state index contributed by atoms with van der Waals surface area (Å²) in [6, 6.07) is 4.02. The van der Waals surface area contributed by atoms with E-state index in [1.165, 1.54) is 0 Å².